The van der Waals surface area contributed by atoms with Crippen LogP contribution >= 0.6 is 0 Å². The zero-order valence-corrected chi connectivity index (χ0v) is 13.4. The third kappa shape index (κ3) is 3.80. The number of piperidine rings is 1. The summed E-state index contributed by atoms with van der Waals surface area (Å²) in [7, 11) is -2.60. The summed E-state index contributed by atoms with van der Waals surface area (Å²) in [4.78, 5) is 24.9. The molecule has 1 atom stereocenters. The molecule has 1 fully saturated rings. The lowest BCUT2D eigenvalue weighted by Crippen LogP contribution is -2.42. The van der Waals surface area contributed by atoms with Crippen molar-refractivity contribution in [2.24, 2.45) is 11.1 Å². The maximum absolute atomic E-state index is 12.6. The maximum Gasteiger partial charge on any atom is 0.308 e. The summed E-state index contributed by atoms with van der Waals surface area (Å²) in [5.74, 6) is -1.84. The summed E-state index contributed by atoms with van der Waals surface area (Å²) < 4.78 is 28.0. The number of aliphatic carboxylic acids is 1. The number of nitrogens with two attached hydrogens (primary N) is 1. The molecule has 0 spiro atoms. The highest BCUT2D eigenvalue weighted by Crippen LogP contribution is 2.26. The van der Waals surface area contributed by atoms with Gasteiger partial charge < -0.3 is 14.7 Å². The summed E-state index contributed by atoms with van der Waals surface area (Å²) in [6, 6.07) is 3.76. The average Bonchev–Trinajstić information content (AvgIpc) is 2.52. The molecule has 0 radical (unpaired) electrons. The number of carboxylic acids is 1. The van der Waals surface area contributed by atoms with Crippen LogP contribution in [0, 0.1) is 5.92 Å². The average molecular weight is 342 g/mol. The molecule has 2 rings (SSSR count). The zero-order valence-electron chi connectivity index (χ0n) is 12.6. The van der Waals surface area contributed by atoms with E-state index < -0.39 is 27.8 Å². The summed E-state index contributed by atoms with van der Waals surface area (Å²) in [6.45, 7) is 0.488. The van der Waals surface area contributed by atoms with Crippen LogP contribution in [0.25, 0.3) is 0 Å². The van der Waals surface area contributed by atoms with Crippen molar-refractivity contribution < 1.29 is 27.9 Å². The number of nitrogens with zero attached hydrogens (tertiary/aromatic N) is 1. The first-order valence-corrected chi connectivity index (χ1v) is 8.51. The van der Waals surface area contributed by atoms with E-state index in [2.05, 4.69) is 0 Å². The Morgan fingerprint density at radius 2 is 2.09 bits per heavy atom. The molecule has 9 heteroatoms. The number of methoxy groups -OCH3 is 1. The molecule has 1 aromatic carbocycles. The minimum Gasteiger partial charge on any atom is -0.496 e. The van der Waals surface area contributed by atoms with Gasteiger partial charge in [-0.1, -0.05) is 0 Å². The van der Waals surface area contributed by atoms with Crippen molar-refractivity contribution in [3.8, 4) is 5.75 Å². The number of carboxylic acid groups (broad SMARTS) is 1. The predicted molar refractivity (Wildman–Crippen MR) is 80.6 cm³/mol. The van der Waals surface area contributed by atoms with Gasteiger partial charge in [0.25, 0.3) is 5.91 Å². The van der Waals surface area contributed by atoms with Gasteiger partial charge in [-0.15, -0.1) is 0 Å². The normalized spacial score (nSPS) is 18.5. The van der Waals surface area contributed by atoms with Crippen LogP contribution in [0.15, 0.2) is 23.1 Å². The molecule has 0 aliphatic carbocycles. The Labute approximate surface area is 133 Å². The minimum absolute atomic E-state index is 0.0464. The standard InChI is InChI=1S/C14H18N2O6S/c1-22-12-5-4-10(23(15,20)21)7-11(12)13(17)16-6-2-3-9(8-16)14(18)19/h4-5,7,9H,2-3,6,8H2,1H3,(H,18,19)(H2,15,20,21). The molecule has 1 heterocycles. The number of primary sulfonamides is 1. The van der Waals surface area contributed by atoms with Crippen LogP contribution in [-0.4, -0.2) is 50.5 Å². The summed E-state index contributed by atoms with van der Waals surface area (Å²) in [5, 5.41) is 14.2. The van der Waals surface area contributed by atoms with Crippen molar-refractivity contribution in [3.63, 3.8) is 0 Å². The highest BCUT2D eigenvalue weighted by atomic mass is 32.2. The highest BCUT2D eigenvalue weighted by molar-refractivity contribution is 7.89. The monoisotopic (exact) mass is 342 g/mol. The van der Waals surface area contributed by atoms with E-state index in [-0.39, 0.29) is 22.8 Å². The number of carbonyl (C=O) groups is 2. The first-order valence-electron chi connectivity index (χ1n) is 6.97. The highest BCUT2D eigenvalue weighted by Gasteiger charge is 2.30. The Kier molecular flexibility index (Phi) is 4.90. The van der Waals surface area contributed by atoms with Crippen LogP contribution in [0.2, 0.25) is 0 Å². The van der Waals surface area contributed by atoms with Gasteiger partial charge in [0.2, 0.25) is 10.0 Å². The SMILES string of the molecule is COc1ccc(S(N)(=O)=O)cc1C(=O)N1CCCC(C(=O)O)C1. The van der Waals surface area contributed by atoms with E-state index >= 15 is 0 Å². The van der Waals surface area contributed by atoms with Gasteiger partial charge in [0.1, 0.15) is 5.75 Å². The Hall–Kier alpha value is -2.13. The number of carbonyl (C=O) groups excluding carboxylic acids is 1. The van der Waals surface area contributed by atoms with Crippen molar-refractivity contribution in [2.45, 2.75) is 17.7 Å². The first kappa shape index (κ1) is 17.2. The maximum atomic E-state index is 12.6. The largest absolute Gasteiger partial charge is 0.496 e. The van der Waals surface area contributed by atoms with Gasteiger partial charge in [0.05, 0.1) is 23.5 Å². The molecule has 126 valence electrons. The lowest BCUT2D eigenvalue weighted by atomic mass is 9.97. The van der Waals surface area contributed by atoms with Crippen molar-refractivity contribution >= 4 is 21.9 Å². The molecule has 1 aromatic rings. The lowest BCUT2D eigenvalue weighted by molar-refractivity contribution is -0.143. The molecule has 0 saturated carbocycles. The first-order chi connectivity index (χ1) is 10.7. The Morgan fingerprint density at radius 1 is 1.39 bits per heavy atom. The molecule has 3 N–H and O–H groups in total. The van der Waals surface area contributed by atoms with E-state index in [0.29, 0.717) is 19.4 Å². The fourth-order valence-corrected chi connectivity index (χ4v) is 3.10. The number of ether oxygens (including phenoxy) is 1. The van der Waals surface area contributed by atoms with E-state index in [1.807, 2.05) is 0 Å². The van der Waals surface area contributed by atoms with Gasteiger partial charge in [-0.05, 0) is 31.0 Å². The van der Waals surface area contributed by atoms with Gasteiger partial charge in [-0.3, -0.25) is 9.59 Å². The molecule has 1 saturated heterocycles. The predicted octanol–water partition coefficient (Wildman–Crippen LogP) is 0.279. The van der Waals surface area contributed by atoms with Crippen LogP contribution in [-0.2, 0) is 14.8 Å². The van der Waals surface area contributed by atoms with Gasteiger partial charge in [0, 0.05) is 13.1 Å². The third-order valence-electron chi connectivity index (χ3n) is 3.79. The summed E-state index contributed by atoms with van der Waals surface area (Å²) in [5.41, 5.74) is 0.0464. The van der Waals surface area contributed by atoms with E-state index in [1.165, 1.54) is 24.1 Å². The Morgan fingerprint density at radius 3 is 2.65 bits per heavy atom. The fourth-order valence-electron chi connectivity index (χ4n) is 2.56. The molecule has 1 amide bonds. The number of benzene rings is 1. The van der Waals surface area contributed by atoms with Crippen molar-refractivity contribution in [1.29, 1.82) is 0 Å². The molecular weight excluding hydrogens is 324 g/mol. The molecule has 23 heavy (non-hydrogen) atoms. The molecule has 0 bridgehead atoms. The van der Waals surface area contributed by atoms with Crippen molar-refractivity contribution in [1.82, 2.24) is 4.90 Å². The van der Waals surface area contributed by atoms with Gasteiger partial charge >= 0.3 is 5.97 Å². The van der Waals surface area contributed by atoms with Crippen molar-refractivity contribution in [3.05, 3.63) is 23.8 Å². The Balaban J connectivity index is 2.36. The zero-order chi connectivity index (χ0) is 17.2. The third-order valence-corrected chi connectivity index (χ3v) is 4.70. The number of likely N-dealkylation sites (tertiary alicyclic amines) is 1. The number of hydrogen-bond acceptors (Lipinski definition) is 5. The van der Waals surface area contributed by atoms with Crippen molar-refractivity contribution in [2.75, 3.05) is 20.2 Å². The molecule has 1 aliphatic rings. The van der Waals surface area contributed by atoms with Crippen LogP contribution in [0.4, 0.5) is 0 Å². The lowest BCUT2D eigenvalue weighted by Gasteiger charge is -2.31. The number of amides is 1. The second-order valence-electron chi connectivity index (χ2n) is 5.34. The molecular formula is C14H18N2O6S. The molecule has 0 aromatic heterocycles. The topological polar surface area (TPSA) is 127 Å². The second kappa shape index (κ2) is 6.55. The van der Waals surface area contributed by atoms with Gasteiger partial charge in [0.15, 0.2) is 0 Å². The number of rotatable bonds is 4. The van der Waals surface area contributed by atoms with Gasteiger partial charge in [-0.2, -0.15) is 0 Å². The Bertz CT molecular complexity index is 731. The van der Waals surface area contributed by atoms with Crippen LogP contribution in [0.5, 0.6) is 5.75 Å². The quantitative estimate of drug-likeness (QED) is 0.809. The fraction of sp³-hybridized carbons (Fsp3) is 0.429. The van der Waals surface area contributed by atoms with E-state index in [0.717, 1.165) is 6.07 Å². The van der Waals surface area contributed by atoms with E-state index in [9.17, 15) is 18.0 Å². The van der Waals surface area contributed by atoms with Crippen LogP contribution in [0.3, 0.4) is 0 Å². The van der Waals surface area contributed by atoms with Crippen LogP contribution in [0.1, 0.15) is 23.2 Å². The second-order valence-corrected chi connectivity index (χ2v) is 6.90. The minimum atomic E-state index is -3.96. The summed E-state index contributed by atoms with van der Waals surface area (Å²) in [6.07, 6.45) is 1.08. The van der Waals surface area contributed by atoms with Gasteiger partial charge in [-0.25, -0.2) is 13.6 Å². The number of hydrogen-bond donors (Lipinski definition) is 2. The molecule has 1 unspecified atom stereocenters. The summed E-state index contributed by atoms with van der Waals surface area (Å²) >= 11 is 0. The van der Waals surface area contributed by atoms with E-state index in [1.54, 1.807) is 0 Å². The number of sulfonamides is 1. The molecule has 8 nitrogen and oxygen atoms in total. The van der Waals surface area contributed by atoms with Crippen LogP contribution < -0.4 is 9.88 Å². The smallest absolute Gasteiger partial charge is 0.308 e. The van der Waals surface area contributed by atoms with E-state index in [4.69, 9.17) is 15.0 Å². The molecule has 1 aliphatic heterocycles.